The summed E-state index contributed by atoms with van der Waals surface area (Å²) in [5.74, 6) is -0.913. The zero-order valence-corrected chi connectivity index (χ0v) is 16.9. The van der Waals surface area contributed by atoms with Gasteiger partial charge in [-0.3, -0.25) is 25.2 Å². The van der Waals surface area contributed by atoms with Crippen molar-refractivity contribution in [3.05, 3.63) is 29.8 Å². The Hall–Kier alpha value is -2.07. The van der Waals surface area contributed by atoms with Crippen molar-refractivity contribution in [1.29, 1.82) is 0 Å². The van der Waals surface area contributed by atoms with E-state index in [1.54, 1.807) is 38.4 Å². The largest absolute Gasteiger partial charge is 0.348 e. The third-order valence-corrected chi connectivity index (χ3v) is 6.99. The van der Waals surface area contributed by atoms with Crippen molar-refractivity contribution in [2.45, 2.75) is 17.7 Å². The zero-order chi connectivity index (χ0) is 20.0. The van der Waals surface area contributed by atoms with Crippen LogP contribution in [-0.4, -0.2) is 62.4 Å². The van der Waals surface area contributed by atoms with Crippen LogP contribution < -0.4 is 10.9 Å². The summed E-state index contributed by atoms with van der Waals surface area (Å²) in [5, 5.41) is 0. The Morgan fingerprint density at radius 3 is 2.52 bits per heavy atom. The summed E-state index contributed by atoms with van der Waals surface area (Å²) in [6.07, 6.45) is 0.510. The molecule has 27 heavy (non-hydrogen) atoms. The molecule has 2 rings (SSSR count). The third kappa shape index (κ3) is 6.55. The van der Waals surface area contributed by atoms with Gasteiger partial charge in [0.25, 0.3) is 5.91 Å². The third-order valence-electron chi connectivity index (χ3n) is 4.10. The van der Waals surface area contributed by atoms with E-state index in [1.807, 2.05) is 0 Å². The number of carbonyl (C=O) groups is 3. The maximum Gasteiger partial charge on any atom is 0.270 e. The minimum absolute atomic E-state index is 0.00768. The first-order valence-corrected chi connectivity index (χ1v) is 11.2. The zero-order valence-electron chi connectivity index (χ0n) is 15.2. The molecule has 1 saturated heterocycles. The van der Waals surface area contributed by atoms with Gasteiger partial charge in [0.15, 0.2) is 9.84 Å². The van der Waals surface area contributed by atoms with Crippen molar-refractivity contribution in [2.75, 3.05) is 31.4 Å². The number of hydrazine groups is 1. The maximum atomic E-state index is 12.4. The molecule has 1 aliphatic rings. The Kier molecular flexibility index (Phi) is 7.25. The minimum atomic E-state index is -3.04. The SMILES string of the molecule is CN(C)C(=O)CSc1ccccc1C(=O)NNC(=O)C[C@@H]1CCS(=O)(=O)C1. The second kappa shape index (κ2) is 9.23. The molecule has 1 heterocycles. The predicted molar refractivity (Wildman–Crippen MR) is 103 cm³/mol. The lowest BCUT2D eigenvalue weighted by molar-refractivity contribution is -0.126. The molecule has 1 aromatic rings. The van der Waals surface area contributed by atoms with Gasteiger partial charge < -0.3 is 4.90 Å². The van der Waals surface area contributed by atoms with Crippen molar-refractivity contribution >= 4 is 39.3 Å². The number of hydrogen-bond acceptors (Lipinski definition) is 6. The number of thioether (sulfide) groups is 1. The molecule has 0 aromatic heterocycles. The van der Waals surface area contributed by atoms with E-state index in [4.69, 9.17) is 0 Å². The molecule has 3 amide bonds. The first-order valence-electron chi connectivity index (χ1n) is 8.39. The molecular weight excluding hydrogens is 390 g/mol. The van der Waals surface area contributed by atoms with E-state index in [2.05, 4.69) is 10.9 Å². The van der Waals surface area contributed by atoms with Crippen LogP contribution in [0.2, 0.25) is 0 Å². The molecule has 148 valence electrons. The summed E-state index contributed by atoms with van der Waals surface area (Å²) < 4.78 is 22.9. The van der Waals surface area contributed by atoms with Gasteiger partial charge in [-0.05, 0) is 24.5 Å². The van der Waals surface area contributed by atoms with Gasteiger partial charge in [0.2, 0.25) is 11.8 Å². The molecule has 1 fully saturated rings. The first-order chi connectivity index (χ1) is 12.7. The van der Waals surface area contributed by atoms with Gasteiger partial charge in [-0.25, -0.2) is 8.42 Å². The summed E-state index contributed by atoms with van der Waals surface area (Å²) in [6.45, 7) is 0. The fourth-order valence-electron chi connectivity index (χ4n) is 2.59. The average Bonchev–Trinajstić information content (AvgIpc) is 2.96. The van der Waals surface area contributed by atoms with E-state index in [-0.39, 0.29) is 35.5 Å². The normalized spacial score (nSPS) is 17.9. The van der Waals surface area contributed by atoms with Gasteiger partial charge in [-0.2, -0.15) is 0 Å². The summed E-state index contributed by atoms with van der Waals surface area (Å²) >= 11 is 1.24. The summed E-state index contributed by atoms with van der Waals surface area (Å²) in [4.78, 5) is 38.1. The minimum Gasteiger partial charge on any atom is -0.348 e. The van der Waals surface area contributed by atoms with E-state index in [9.17, 15) is 22.8 Å². The highest BCUT2D eigenvalue weighted by Gasteiger charge is 2.29. The van der Waals surface area contributed by atoms with E-state index < -0.39 is 21.7 Å². The van der Waals surface area contributed by atoms with Crippen LogP contribution in [0.1, 0.15) is 23.2 Å². The summed E-state index contributed by atoms with van der Waals surface area (Å²) in [6, 6.07) is 6.79. The van der Waals surface area contributed by atoms with Gasteiger partial charge in [0.05, 0.1) is 22.8 Å². The van der Waals surface area contributed by atoms with E-state index in [0.29, 0.717) is 16.9 Å². The van der Waals surface area contributed by atoms with Crippen LogP contribution in [0.25, 0.3) is 0 Å². The molecule has 1 atom stereocenters. The van der Waals surface area contributed by atoms with Crippen molar-refractivity contribution in [3.63, 3.8) is 0 Å². The van der Waals surface area contributed by atoms with Crippen LogP contribution in [0.3, 0.4) is 0 Å². The number of benzene rings is 1. The van der Waals surface area contributed by atoms with E-state index >= 15 is 0 Å². The number of amides is 3. The highest BCUT2D eigenvalue weighted by atomic mass is 32.2. The molecule has 0 saturated carbocycles. The Labute approximate surface area is 163 Å². The highest BCUT2D eigenvalue weighted by Crippen LogP contribution is 2.23. The topological polar surface area (TPSA) is 113 Å². The number of hydrogen-bond donors (Lipinski definition) is 2. The molecular formula is C17H23N3O5S2. The second-order valence-electron chi connectivity index (χ2n) is 6.55. The van der Waals surface area contributed by atoms with Gasteiger partial charge in [0.1, 0.15) is 0 Å². The van der Waals surface area contributed by atoms with Gasteiger partial charge in [-0.15, -0.1) is 11.8 Å². The lowest BCUT2D eigenvalue weighted by Crippen LogP contribution is -2.42. The summed E-state index contributed by atoms with van der Waals surface area (Å²) in [7, 11) is 0.277. The van der Waals surface area contributed by atoms with Gasteiger partial charge in [-0.1, -0.05) is 12.1 Å². The monoisotopic (exact) mass is 413 g/mol. The van der Waals surface area contributed by atoms with Crippen LogP contribution >= 0.6 is 11.8 Å². The highest BCUT2D eigenvalue weighted by molar-refractivity contribution is 8.00. The maximum absolute atomic E-state index is 12.4. The lowest BCUT2D eigenvalue weighted by atomic mass is 10.1. The lowest BCUT2D eigenvalue weighted by Gasteiger charge is -2.13. The molecule has 0 aliphatic carbocycles. The Balaban J connectivity index is 1.88. The Morgan fingerprint density at radius 1 is 1.19 bits per heavy atom. The second-order valence-corrected chi connectivity index (χ2v) is 9.79. The Morgan fingerprint density at radius 2 is 1.89 bits per heavy atom. The van der Waals surface area contributed by atoms with Gasteiger partial charge >= 0.3 is 0 Å². The molecule has 0 radical (unpaired) electrons. The number of nitrogens with one attached hydrogen (secondary N) is 2. The molecule has 0 unspecified atom stereocenters. The standard InChI is InChI=1S/C17H23N3O5S2/c1-20(2)16(22)10-26-14-6-4-3-5-13(14)17(23)19-18-15(21)9-12-7-8-27(24,25)11-12/h3-6,12H,7-11H2,1-2H3,(H,18,21)(H,19,23)/t12-/m0/s1. The van der Waals surface area contributed by atoms with Crippen LogP contribution in [0, 0.1) is 5.92 Å². The van der Waals surface area contributed by atoms with Crippen LogP contribution in [0.4, 0.5) is 0 Å². The number of rotatable bonds is 6. The molecule has 10 heteroatoms. The molecule has 1 aliphatic heterocycles. The quantitative estimate of drug-likeness (QED) is 0.517. The molecule has 8 nitrogen and oxygen atoms in total. The average molecular weight is 414 g/mol. The molecule has 0 spiro atoms. The van der Waals surface area contributed by atoms with E-state index in [1.165, 1.54) is 16.7 Å². The molecule has 0 bridgehead atoms. The fourth-order valence-corrected chi connectivity index (χ4v) is 5.48. The number of sulfone groups is 1. The predicted octanol–water partition coefficient (Wildman–Crippen LogP) is 0.453. The smallest absolute Gasteiger partial charge is 0.270 e. The Bertz CT molecular complexity index is 824. The fraction of sp³-hybridized carbons (Fsp3) is 0.471. The van der Waals surface area contributed by atoms with Crippen molar-refractivity contribution < 1.29 is 22.8 Å². The molecule has 2 N–H and O–H groups in total. The van der Waals surface area contributed by atoms with Crippen LogP contribution in [-0.2, 0) is 19.4 Å². The van der Waals surface area contributed by atoms with Crippen LogP contribution in [0.5, 0.6) is 0 Å². The first kappa shape index (κ1) is 21.2. The summed E-state index contributed by atoms with van der Waals surface area (Å²) in [5.41, 5.74) is 5.02. The van der Waals surface area contributed by atoms with E-state index in [0.717, 1.165) is 0 Å². The molecule has 1 aromatic carbocycles. The van der Waals surface area contributed by atoms with Crippen molar-refractivity contribution in [1.82, 2.24) is 15.8 Å². The van der Waals surface area contributed by atoms with Crippen molar-refractivity contribution in [2.24, 2.45) is 5.92 Å². The van der Waals surface area contributed by atoms with Gasteiger partial charge in [0, 0.05) is 25.4 Å². The van der Waals surface area contributed by atoms with Crippen molar-refractivity contribution in [3.8, 4) is 0 Å². The number of nitrogens with zero attached hydrogens (tertiary/aromatic N) is 1. The number of carbonyl (C=O) groups excluding carboxylic acids is 3. The van der Waals surface area contributed by atoms with Crippen LogP contribution in [0.15, 0.2) is 29.2 Å².